The predicted molar refractivity (Wildman–Crippen MR) is 124 cm³/mol. The molecule has 4 atom stereocenters. The van der Waals surface area contributed by atoms with Gasteiger partial charge in [-0.1, -0.05) is 30.3 Å². The number of carbonyl (C=O) groups excluding carboxylic acids is 4. The van der Waals surface area contributed by atoms with E-state index in [1.807, 2.05) is 30.3 Å². The summed E-state index contributed by atoms with van der Waals surface area (Å²) in [5, 5.41) is 15.7. The average molecular weight is 478 g/mol. The molecule has 3 amide bonds. The Kier molecular flexibility index (Phi) is 9.43. The molecule has 0 bridgehead atoms. The Bertz CT molecular complexity index is 869. The molecule has 1 saturated heterocycles. The summed E-state index contributed by atoms with van der Waals surface area (Å²) in [4.78, 5) is 51.5. The summed E-state index contributed by atoms with van der Waals surface area (Å²) in [6, 6.07) is 6.46. The van der Waals surface area contributed by atoms with Gasteiger partial charge in [0.05, 0.1) is 13.2 Å². The number of aliphatic hydroxyl groups excluding tert-OH is 1. The summed E-state index contributed by atoms with van der Waals surface area (Å²) in [7, 11) is 1.16. The molecule has 0 spiro atoms. The topological polar surface area (TPSA) is 134 Å². The average Bonchev–Trinajstić information content (AvgIpc) is 3.26. The van der Waals surface area contributed by atoms with Gasteiger partial charge in [-0.15, -0.1) is 0 Å². The fourth-order valence-electron chi connectivity index (χ4n) is 3.77. The molecule has 1 aromatic carbocycles. The summed E-state index contributed by atoms with van der Waals surface area (Å²) in [5.41, 5.74) is 0.0993. The Morgan fingerprint density at radius 1 is 1.15 bits per heavy atom. The van der Waals surface area contributed by atoms with Crippen molar-refractivity contribution in [3.05, 3.63) is 35.9 Å². The number of esters is 1. The van der Waals surface area contributed by atoms with Crippen LogP contribution in [0.2, 0.25) is 0 Å². The highest BCUT2D eigenvalue weighted by molar-refractivity contribution is 5.92. The second-order valence-electron chi connectivity index (χ2n) is 9.33. The minimum absolute atomic E-state index is 0.195. The van der Waals surface area contributed by atoms with Crippen LogP contribution in [0.3, 0.4) is 0 Å². The third-order valence-corrected chi connectivity index (χ3v) is 5.39. The Hall–Kier alpha value is -3.14. The monoisotopic (exact) mass is 477 g/mol. The number of nitrogens with zero attached hydrogens (tertiary/aromatic N) is 1. The lowest BCUT2D eigenvalue weighted by molar-refractivity contribution is -0.152. The highest BCUT2D eigenvalue weighted by Crippen LogP contribution is 2.20. The number of aliphatic hydroxyl groups is 1. The van der Waals surface area contributed by atoms with Crippen LogP contribution in [-0.2, 0) is 30.3 Å². The lowest BCUT2D eigenvalue weighted by Crippen LogP contribution is -2.56. The van der Waals surface area contributed by atoms with Crippen LogP contribution in [0.25, 0.3) is 0 Å². The number of nitrogens with one attached hydrogen (secondary N) is 2. The number of ether oxygens (including phenoxy) is 2. The highest BCUT2D eigenvalue weighted by atomic mass is 16.6. The van der Waals surface area contributed by atoms with Crippen LogP contribution in [0.4, 0.5) is 4.79 Å². The molecule has 1 aliphatic rings. The quantitative estimate of drug-likeness (QED) is 0.478. The molecule has 0 aliphatic carbocycles. The number of likely N-dealkylation sites (tertiary alicyclic amines) is 1. The number of methoxy groups -OCH3 is 1. The van der Waals surface area contributed by atoms with Gasteiger partial charge in [0, 0.05) is 6.54 Å². The van der Waals surface area contributed by atoms with Crippen molar-refractivity contribution < 1.29 is 33.8 Å². The first-order valence-corrected chi connectivity index (χ1v) is 11.3. The lowest BCUT2D eigenvalue weighted by atomic mass is 10.0. The van der Waals surface area contributed by atoms with Gasteiger partial charge in [0.2, 0.25) is 11.8 Å². The molecule has 0 radical (unpaired) electrons. The molecule has 10 nitrogen and oxygen atoms in total. The van der Waals surface area contributed by atoms with E-state index in [0.29, 0.717) is 19.4 Å². The SMILES string of the molecule is COC(=O)C(O)C(Cc1ccccc1)NC(=O)[C@@H]1CCCN1C(=O)[C@H](C)NC(=O)OC(C)(C)C. The number of amides is 3. The van der Waals surface area contributed by atoms with Crippen LogP contribution < -0.4 is 10.6 Å². The van der Waals surface area contributed by atoms with Crippen molar-refractivity contribution in [2.75, 3.05) is 13.7 Å². The van der Waals surface area contributed by atoms with Crippen LogP contribution in [0.5, 0.6) is 0 Å². The van der Waals surface area contributed by atoms with Crippen LogP contribution in [0.15, 0.2) is 30.3 Å². The van der Waals surface area contributed by atoms with E-state index in [4.69, 9.17) is 4.74 Å². The molecule has 1 fully saturated rings. The molecular formula is C24H35N3O7. The molecular weight excluding hydrogens is 442 g/mol. The Morgan fingerprint density at radius 3 is 2.38 bits per heavy atom. The Balaban J connectivity index is 2.09. The fraction of sp³-hybridized carbons (Fsp3) is 0.583. The van der Waals surface area contributed by atoms with Gasteiger partial charge >= 0.3 is 12.1 Å². The van der Waals surface area contributed by atoms with Crippen molar-refractivity contribution >= 4 is 23.9 Å². The molecule has 1 aromatic rings. The number of benzene rings is 1. The largest absolute Gasteiger partial charge is 0.467 e. The molecule has 188 valence electrons. The second kappa shape index (κ2) is 11.8. The van der Waals surface area contributed by atoms with Crippen LogP contribution in [-0.4, -0.2) is 77.4 Å². The lowest BCUT2D eigenvalue weighted by Gasteiger charge is -2.30. The Morgan fingerprint density at radius 2 is 1.79 bits per heavy atom. The Labute approximate surface area is 200 Å². The first-order chi connectivity index (χ1) is 15.9. The molecule has 3 N–H and O–H groups in total. The molecule has 1 heterocycles. The van der Waals surface area contributed by atoms with Gasteiger partial charge in [0.15, 0.2) is 6.10 Å². The summed E-state index contributed by atoms with van der Waals surface area (Å²) in [5.74, 6) is -1.77. The van der Waals surface area contributed by atoms with E-state index >= 15 is 0 Å². The molecule has 0 aromatic heterocycles. The van der Waals surface area contributed by atoms with Gasteiger partial charge in [-0.2, -0.15) is 0 Å². The first-order valence-electron chi connectivity index (χ1n) is 11.3. The van der Waals surface area contributed by atoms with E-state index in [9.17, 15) is 24.3 Å². The van der Waals surface area contributed by atoms with E-state index in [1.165, 1.54) is 11.8 Å². The fourth-order valence-corrected chi connectivity index (χ4v) is 3.77. The number of hydrogen-bond acceptors (Lipinski definition) is 7. The number of alkyl carbamates (subject to hydrolysis) is 1. The first kappa shape index (κ1) is 27.1. The standard InChI is InChI=1S/C24H35N3O7/c1-15(25-23(32)34-24(2,3)4)21(30)27-13-9-12-18(27)20(29)26-17(19(28)22(31)33-5)14-16-10-7-6-8-11-16/h6-8,10-11,15,17-19,28H,9,12-14H2,1-5H3,(H,25,32)(H,26,29)/t15-,17?,18-,19?/m0/s1. The number of carbonyl (C=O) groups is 4. The van der Waals surface area contributed by atoms with Gasteiger partial charge in [-0.3, -0.25) is 9.59 Å². The maximum absolute atomic E-state index is 13.1. The third-order valence-electron chi connectivity index (χ3n) is 5.39. The summed E-state index contributed by atoms with van der Waals surface area (Å²) in [6.45, 7) is 7.02. The van der Waals surface area contributed by atoms with Crippen molar-refractivity contribution in [2.24, 2.45) is 0 Å². The summed E-state index contributed by atoms with van der Waals surface area (Å²) >= 11 is 0. The van der Waals surface area contributed by atoms with Crippen molar-refractivity contribution in [3.63, 3.8) is 0 Å². The highest BCUT2D eigenvalue weighted by Gasteiger charge is 2.39. The van der Waals surface area contributed by atoms with Gasteiger partial charge < -0.3 is 30.1 Å². The van der Waals surface area contributed by atoms with Crippen LogP contribution >= 0.6 is 0 Å². The maximum Gasteiger partial charge on any atom is 0.408 e. The van der Waals surface area contributed by atoms with Crippen LogP contribution in [0, 0.1) is 0 Å². The van der Waals surface area contributed by atoms with E-state index in [0.717, 1.165) is 12.7 Å². The molecule has 1 aliphatic heterocycles. The smallest absolute Gasteiger partial charge is 0.408 e. The van der Waals surface area contributed by atoms with Gasteiger partial charge in [-0.25, -0.2) is 9.59 Å². The normalized spacial score (nSPS) is 18.4. The van der Waals surface area contributed by atoms with Gasteiger partial charge in [0.1, 0.15) is 17.7 Å². The molecule has 10 heteroatoms. The van der Waals surface area contributed by atoms with E-state index in [2.05, 4.69) is 15.4 Å². The van der Waals surface area contributed by atoms with Crippen LogP contribution in [0.1, 0.15) is 46.1 Å². The zero-order valence-corrected chi connectivity index (χ0v) is 20.4. The van der Waals surface area contributed by atoms with Crippen molar-refractivity contribution in [2.45, 2.75) is 76.8 Å². The van der Waals surface area contributed by atoms with E-state index < -0.39 is 53.7 Å². The molecule has 2 rings (SSSR count). The maximum atomic E-state index is 13.1. The number of rotatable bonds is 8. The van der Waals surface area contributed by atoms with Crippen molar-refractivity contribution in [1.29, 1.82) is 0 Å². The number of hydrogen-bond donors (Lipinski definition) is 3. The zero-order chi connectivity index (χ0) is 25.5. The molecule has 0 saturated carbocycles. The van der Waals surface area contributed by atoms with E-state index in [1.54, 1.807) is 20.8 Å². The van der Waals surface area contributed by atoms with Crippen molar-refractivity contribution in [1.82, 2.24) is 15.5 Å². The summed E-state index contributed by atoms with van der Waals surface area (Å²) < 4.78 is 9.84. The third kappa shape index (κ3) is 7.72. The summed E-state index contributed by atoms with van der Waals surface area (Å²) in [6.07, 6.45) is -1.08. The van der Waals surface area contributed by atoms with Crippen molar-refractivity contribution in [3.8, 4) is 0 Å². The van der Waals surface area contributed by atoms with Gasteiger partial charge in [0.25, 0.3) is 0 Å². The predicted octanol–water partition coefficient (Wildman–Crippen LogP) is 1.15. The molecule has 2 unspecified atom stereocenters. The zero-order valence-electron chi connectivity index (χ0n) is 20.4. The second-order valence-corrected chi connectivity index (χ2v) is 9.33. The van der Waals surface area contributed by atoms with Gasteiger partial charge in [-0.05, 0) is 52.5 Å². The van der Waals surface area contributed by atoms with E-state index in [-0.39, 0.29) is 6.42 Å². The minimum Gasteiger partial charge on any atom is -0.467 e. The minimum atomic E-state index is -1.58. The molecule has 34 heavy (non-hydrogen) atoms.